The number of thiophene rings is 1. The maximum atomic E-state index is 11.7. The summed E-state index contributed by atoms with van der Waals surface area (Å²) in [5.74, 6) is -0.207. The van der Waals surface area contributed by atoms with E-state index in [1.165, 1.54) is 0 Å². The number of amides is 1. The molecule has 0 saturated heterocycles. The molecule has 0 atom stereocenters. The molecule has 0 saturated carbocycles. The quantitative estimate of drug-likeness (QED) is 0.681. The highest BCUT2D eigenvalue weighted by Crippen LogP contribution is 2.20. The smallest absolute Gasteiger partial charge is 0.267 e. The minimum absolute atomic E-state index is 0.207. The van der Waals surface area contributed by atoms with E-state index in [1.54, 1.807) is 29.7 Å². The summed E-state index contributed by atoms with van der Waals surface area (Å²) >= 11 is 4.92. The van der Waals surface area contributed by atoms with E-state index in [2.05, 4.69) is 26.5 Å². The molecule has 18 heavy (non-hydrogen) atoms. The van der Waals surface area contributed by atoms with Gasteiger partial charge in [0.15, 0.2) is 0 Å². The van der Waals surface area contributed by atoms with Crippen LogP contribution in [0.15, 0.2) is 45.3 Å². The summed E-state index contributed by atoms with van der Waals surface area (Å²) in [6.45, 7) is 1.98. The zero-order chi connectivity index (χ0) is 13.0. The van der Waals surface area contributed by atoms with Gasteiger partial charge in [-0.05, 0) is 47.1 Å². The van der Waals surface area contributed by atoms with Crippen LogP contribution in [0.2, 0.25) is 0 Å². The summed E-state index contributed by atoms with van der Waals surface area (Å²) in [6.07, 6.45) is 1.63. The van der Waals surface area contributed by atoms with Crippen LogP contribution in [0.5, 0.6) is 0 Å². The number of nitrogens with one attached hydrogen (secondary N) is 1. The molecule has 0 aliphatic carbocycles. The van der Waals surface area contributed by atoms with Crippen LogP contribution in [0.25, 0.3) is 0 Å². The molecule has 1 heterocycles. The Morgan fingerprint density at radius 1 is 1.28 bits per heavy atom. The number of nitrogens with zero attached hydrogens (tertiary/aromatic N) is 1. The van der Waals surface area contributed by atoms with E-state index in [0.717, 1.165) is 14.2 Å². The highest BCUT2D eigenvalue weighted by atomic mass is 79.9. The van der Waals surface area contributed by atoms with Gasteiger partial charge in [-0.2, -0.15) is 5.10 Å². The van der Waals surface area contributed by atoms with E-state index in [9.17, 15) is 4.79 Å². The van der Waals surface area contributed by atoms with Crippen molar-refractivity contribution in [3.05, 3.63) is 56.2 Å². The monoisotopic (exact) mass is 322 g/mol. The fraction of sp³-hybridized carbons (Fsp3) is 0.0769. The van der Waals surface area contributed by atoms with Crippen LogP contribution in [0.4, 0.5) is 0 Å². The molecule has 1 amide bonds. The number of hydrogen-bond acceptors (Lipinski definition) is 3. The minimum Gasteiger partial charge on any atom is -0.267 e. The SMILES string of the molecule is Cc1ccc(C(=O)N/N=C\c2ccc(Br)s2)cc1. The Kier molecular flexibility index (Phi) is 4.28. The van der Waals surface area contributed by atoms with Crippen molar-refractivity contribution in [2.24, 2.45) is 5.10 Å². The third-order valence-corrected chi connectivity index (χ3v) is 3.82. The van der Waals surface area contributed by atoms with Gasteiger partial charge in [-0.15, -0.1) is 11.3 Å². The van der Waals surface area contributed by atoms with Gasteiger partial charge in [0, 0.05) is 10.4 Å². The molecular weight excluding hydrogens is 312 g/mol. The molecule has 0 aliphatic heterocycles. The van der Waals surface area contributed by atoms with Gasteiger partial charge in [0.05, 0.1) is 10.0 Å². The number of benzene rings is 1. The summed E-state index contributed by atoms with van der Waals surface area (Å²) in [7, 11) is 0. The normalized spacial score (nSPS) is 10.8. The van der Waals surface area contributed by atoms with E-state index >= 15 is 0 Å². The van der Waals surface area contributed by atoms with Crippen molar-refractivity contribution in [3.63, 3.8) is 0 Å². The Bertz CT molecular complexity index is 575. The van der Waals surface area contributed by atoms with E-state index in [1.807, 2.05) is 31.2 Å². The van der Waals surface area contributed by atoms with Crippen molar-refractivity contribution >= 4 is 39.4 Å². The van der Waals surface area contributed by atoms with Gasteiger partial charge in [0.1, 0.15) is 0 Å². The number of carbonyl (C=O) groups is 1. The first-order valence-corrected chi connectivity index (χ1v) is 6.91. The van der Waals surface area contributed by atoms with Crippen LogP contribution in [0.3, 0.4) is 0 Å². The van der Waals surface area contributed by atoms with Crippen molar-refractivity contribution in [1.82, 2.24) is 5.43 Å². The summed E-state index contributed by atoms with van der Waals surface area (Å²) in [5, 5.41) is 3.92. The highest BCUT2D eigenvalue weighted by Gasteiger charge is 2.02. The van der Waals surface area contributed by atoms with Gasteiger partial charge in [0.25, 0.3) is 5.91 Å². The number of rotatable bonds is 3. The predicted molar refractivity (Wildman–Crippen MR) is 78.3 cm³/mol. The Labute approximate surface area is 118 Å². The van der Waals surface area contributed by atoms with Crippen molar-refractivity contribution in [1.29, 1.82) is 0 Å². The van der Waals surface area contributed by atoms with E-state index in [4.69, 9.17) is 0 Å². The lowest BCUT2D eigenvalue weighted by atomic mass is 10.1. The maximum Gasteiger partial charge on any atom is 0.271 e. The maximum absolute atomic E-state index is 11.7. The van der Waals surface area contributed by atoms with Gasteiger partial charge >= 0.3 is 0 Å². The molecule has 0 spiro atoms. The van der Waals surface area contributed by atoms with Gasteiger partial charge in [-0.1, -0.05) is 17.7 Å². The fourth-order valence-electron chi connectivity index (χ4n) is 1.32. The first-order valence-electron chi connectivity index (χ1n) is 5.30. The second kappa shape index (κ2) is 5.93. The fourth-order valence-corrected chi connectivity index (χ4v) is 2.62. The van der Waals surface area contributed by atoms with Crippen LogP contribution in [-0.4, -0.2) is 12.1 Å². The Hall–Kier alpha value is -1.46. The molecule has 0 unspecified atom stereocenters. The minimum atomic E-state index is -0.207. The Balaban J connectivity index is 1.96. The number of hydrazone groups is 1. The van der Waals surface area contributed by atoms with Crippen molar-refractivity contribution < 1.29 is 4.79 Å². The molecular formula is C13H11BrN2OS. The summed E-state index contributed by atoms with van der Waals surface area (Å²) in [5.41, 5.74) is 4.22. The standard InChI is InChI=1S/C13H11BrN2OS/c1-9-2-4-10(5-3-9)13(17)16-15-8-11-6-7-12(14)18-11/h2-8H,1H3,(H,16,17)/b15-8-. The number of hydrogen-bond donors (Lipinski definition) is 1. The third kappa shape index (κ3) is 3.51. The zero-order valence-electron chi connectivity index (χ0n) is 9.68. The average molecular weight is 323 g/mol. The molecule has 1 aromatic carbocycles. The van der Waals surface area contributed by atoms with E-state index < -0.39 is 0 Å². The van der Waals surface area contributed by atoms with Crippen molar-refractivity contribution in [2.75, 3.05) is 0 Å². The molecule has 0 bridgehead atoms. The van der Waals surface area contributed by atoms with Crippen LogP contribution in [0.1, 0.15) is 20.8 Å². The molecule has 0 fully saturated rings. The predicted octanol–water partition coefficient (Wildman–Crippen LogP) is 3.58. The average Bonchev–Trinajstić information content (AvgIpc) is 2.76. The lowest BCUT2D eigenvalue weighted by Gasteiger charge is -1.99. The largest absolute Gasteiger partial charge is 0.271 e. The summed E-state index contributed by atoms with van der Waals surface area (Å²) in [6, 6.07) is 11.2. The molecule has 3 nitrogen and oxygen atoms in total. The van der Waals surface area contributed by atoms with Gasteiger partial charge in [-0.25, -0.2) is 5.43 Å². The number of aryl methyl sites for hydroxylation is 1. The van der Waals surface area contributed by atoms with Gasteiger partial charge in [-0.3, -0.25) is 4.79 Å². The van der Waals surface area contributed by atoms with Gasteiger partial charge in [0.2, 0.25) is 0 Å². The molecule has 2 rings (SSSR count). The highest BCUT2D eigenvalue weighted by molar-refractivity contribution is 9.11. The van der Waals surface area contributed by atoms with E-state index in [-0.39, 0.29) is 5.91 Å². The lowest BCUT2D eigenvalue weighted by Crippen LogP contribution is -2.17. The molecule has 0 radical (unpaired) electrons. The lowest BCUT2D eigenvalue weighted by molar-refractivity contribution is 0.0955. The molecule has 1 aromatic heterocycles. The Morgan fingerprint density at radius 2 is 2.00 bits per heavy atom. The summed E-state index contributed by atoms with van der Waals surface area (Å²) < 4.78 is 1.04. The van der Waals surface area contributed by atoms with Crippen molar-refractivity contribution in [2.45, 2.75) is 6.92 Å². The Morgan fingerprint density at radius 3 is 2.61 bits per heavy atom. The molecule has 1 N–H and O–H groups in total. The molecule has 0 aliphatic rings. The molecule has 5 heteroatoms. The van der Waals surface area contributed by atoms with Crippen LogP contribution in [-0.2, 0) is 0 Å². The number of halogens is 1. The van der Waals surface area contributed by atoms with E-state index in [0.29, 0.717) is 5.56 Å². The molecule has 2 aromatic rings. The first-order chi connectivity index (χ1) is 8.65. The van der Waals surface area contributed by atoms with Crippen LogP contribution >= 0.6 is 27.3 Å². The first kappa shape index (κ1) is 13.0. The topological polar surface area (TPSA) is 41.5 Å². The molecule has 92 valence electrons. The second-order valence-corrected chi connectivity index (χ2v) is 6.20. The van der Waals surface area contributed by atoms with Gasteiger partial charge < -0.3 is 0 Å². The van der Waals surface area contributed by atoms with Crippen LogP contribution in [0, 0.1) is 6.92 Å². The van der Waals surface area contributed by atoms with Crippen molar-refractivity contribution in [3.8, 4) is 0 Å². The third-order valence-electron chi connectivity index (χ3n) is 2.27. The second-order valence-electron chi connectivity index (χ2n) is 3.71. The number of carbonyl (C=O) groups excluding carboxylic acids is 1. The summed E-state index contributed by atoms with van der Waals surface area (Å²) in [4.78, 5) is 12.7. The van der Waals surface area contributed by atoms with Crippen LogP contribution < -0.4 is 5.43 Å². The zero-order valence-corrected chi connectivity index (χ0v) is 12.1.